The average Bonchev–Trinajstić information content (AvgIpc) is 2.96. The van der Waals surface area contributed by atoms with Gasteiger partial charge in [0.05, 0.1) is 23.8 Å². The maximum absolute atomic E-state index is 13.7. The van der Waals surface area contributed by atoms with Crippen molar-refractivity contribution in [2.24, 2.45) is 5.73 Å². The number of nitrogens with one attached hydrogen (secondary N) is 1. The smallest absolute Gasteiger partial charge is 0.256 e. The summed E-state index contributed by atoms with van der Waals surface area (Å²) in [7, 11) is 1.68. The standard InChI is InChI=1S/C29H38N6O3/c1-38-16-15-34(20-22-6-4-21(18-30)5-7-22)26-12-14-35(29(37)23-3-2-13-32-19-23)27(17-26)28(36)33-25-10-8-24(31)9-11-25/h2-7,13,19,24-27H,8-12,14-17,20,31H2,1H3,(H,33,36)/t24?,25?,26?,27-/m1/s1. The second-order valence-corrected chi connectivity index (χ2v) is 10.3. The molecule has 1 saturated heterocycles. The minimum atomic E-state index is -0.580. The largest absolute Gasteiger partial charge is 0.383 e. The van der Waals surface area contributed by atoms with E-state index in [-0.39, 0.29) is 29.9 Å². The van der Waals surface area contributed by atoms with E-state index < -0.39 is 6.04 Å². The minimum absolute atomic E-state index is 0.0845. The van der Waals surface area contributed by atoms with Crippen molar-refractivity contribution in [3.8, 4) is 6.07 Å². The number of pyridine rings is 1. The molecule has 1 unspecified atom stereocenters. The molecule has 1 aromatic heterocycles. The number of carbonyl (C=O) groups excluding carboxylic acids is 2. The molecular weight excluding hydrogens is 480 g/mol. The van der Waals surface area contributed by atoms with Gasteiger partial charge in [-0.2, -0.15) is 5.26 Å². The van der Waals surface area contributed by atoms with Crippen molar-refractivity contribution in [2.45, 2.75) is 69.2 Å². The van der Waals surface area contributed by atoms with E-state index in [9.17, 15) is 9.59 Å². The number of hydrogen-bond acceptors (Lipinski definition) is 7. The number of nitrogens with two attached hydrogens (primary N) is 1. The molecule has 2 amide bonds. The van der Waals surface area contributed by atoms with Gasteiger partial charge in [0, 0.05) is 57.3 Å². The van der Waals surface area contributed by atoms with E-state index in [1.54, 1.807) is 36.5 Å². The number of piperidine rings is 1. The fraction of sp³-hybridized carbons (Fsp3) is 0.517. The molecule has 1 aromatic carbocycles. The number of nitrogens with zero attached hydrogens (tertiary/aromatic N) is 4. The second kappa shape index (κ2) is 13.5. The molecule has 3 N–H and O–H groups in total. The van der Waals surface area contributed by atoms with Crippen molar-refractivity contribution in [1.29, 1.82) is 5.26 Å². The van der Waals surface area contributed by atoms with Crippen LogP contribution in [0, 0.1) is 11.3 Å². The van der Waals surface area contributed by atoms with Gasteiger partial charge in [-0.1, -0.05) is 12.1 Å². The molecule has 1 aliphatic heterocycles. The van der Waals surface area contributed by atoms with Crippen molar-refractivity contribution >= 4 is 11.8 Å². The first kappa shape index (κ1) is 27.7. The van der Waals surface area contributed by atoms with E-state index in [1.165, 1.54) is 0 Å². The average molecular weight is 519 g/mol. The first-order valence-corrected chi connectivity index (χ1v) is 13.5. The Morgan fingerprint density at radius 1 is 1.18 bits per heavy atom. The van der Waals surface area contributed by atoms with E-state index in [4.69, 9.17) is 15.7 Å². The topological polar surface area (TPSA) is 125 Å². The molecule has 9 nitrogen and oxygen atoms in total. The summed E-state index contributed by atoms with van der Waals surface area (Å²) < 4.78 is 5.39. The Bertz CT molecular complexity index is 1100. The monoisotopic (exact) mass is 518 g/mol. The lowest BCUT2D eigenvalue weighted by Gasteiger charge is -2.43. The summed E-state index contributed by atoms with van der Waals surface area (Å²) in [5, 5.41) is 12.4. The quantitative estimate of drug-likeness (QED) is 0.522. The Morgan fingerprint density at radius 3 is 2.61 bits per heavy atom. The van der Waals surface area contributed by atoms with Gasteiger partial charge in [-0.05, 0) is 68.4 Å². The SMILES string of the molecule is COCCN(Cc1ccc(C#N)cc1)C1CCN(C(=O)c2cccnc2)[C@@H](C(=O)NC2CCC(N)CC2)C1. The number of rotatable bonds is 9. The Kier molecular flexibility index (Phi) is 9.82. The van der Waals surface area contributed by atoms with Crippen LogP contribution in [0.25, 0.3) is 0 Å². The van der Waals surface area contributed by atoms with Crippen LogP contribution in [0.1, 0.15) is 60.0 Å². The highest BCUT2D eigenvalue weighted by molar-refractivity contribution is 5.97. The zero-order chi connectivity index (χ0) is 26.9. The number of hydrogen-bond donors (Lipinski definition) is 2. The zero-order valence-corrected chi connectivity index (χ0v) is 22.1. The Morgan fingerprint density at radius 2 is 1.95 bits per heavy atom. The van der Waals surface area contributed by atoms with E-state index in [0.717, 1.165) is 37.7 Å². The number of carbonyl (C=O) groups is 2. The number of nitriles is 1. The molecule has 9 heteroatoms. The van der Waals surface area contributed by atoms with Crippen LogP contribution in [0.4, 0.5) is 0 Å². The molecular formula is C29H38N6O3. The third kappa shape index (κ3) is 7.16. The van der Waals surface area contributed by atoms with E-state index in [1.807, 2.05) is 24.3 Å². The molecule has 2 aliphatic rings. The van der Waals surface area contributed by atoms with Crippen LogP contribution >= 0.6 is 0 Å². The van der Waals surface area contributed by atoms with Crippen LogP contribution in [0.3, 0.4) is 0 Å². The fourth-order valence-corrected chi connectivity index (χ4v) is 5.50. The molecule has 202 valence electrons. The van der Waals surface area contributed by atoms with Crippen molar-refractivity contribution in [2.75, 3.05) is 26.8 Å². The highest BCUT2D eigenvalue weighted by Gasteiger charge is 2.39. The van der Waals surface area contributed by atoms with Crippen LogP contribution in [-0.4, -0.2) is 77.6 Å². The Balaban J connectivity index is 1.53. The van der Waals surface area contributed by atoms with Gasteiger partial charge in [0.15, 0.2) is 0 Å². The fourth-order valence-electron chi connectivity index (χ4n) is 5.50. The molecule has 2 heterocycles. The molecule has 0 spiro atoms. The highest BCUT2D eigenvalue weighted by atomic mass is 16.5. The van der Waals surface area contributed by atoms with Gasteiger partial charge in [0.1, 0.15) is 6.04 Å². The van der Waals surface area contributed by atoms with Gasteiger partial charge in [-0.3, -0.25) is 19.5 Å². The Labute approximate surface area is 225 Å². The number of likely N-dealkylation sites (tertiary alicyclic amines) is 1. The third-order valence-electron chi connectivity index (χ3n) is 7.73. The summed E-state index contributed by atoms with van der Waals surface area (Å²) in [6, 6.07) is 13.0. The Hall–Kier alpha value is -3.32. The molecule has 38 heavy (non-hydrogen) atoms. The molecule has 1 aliphatic carbocycles. The predicted octanol–water partition coefficient (Wildman–Crippen LogP) is 2.46. The van der Waals surface area contributed by atoms with E-state index in [2.05, 4.69) is 21.3 Å². The van der Waals surface area contributed by atoms with Crippen LogP contribution < -0.4 is 11.1 Å². The number of amides is 2. The lowest BCUT2D eigenvalue weighted by atomic mass is 9.90. The van der Waals surface area contributed by atoms with Crippen LogP contribution in [-0.2, 0) is 16.1 Å². The van der Waals surface area contributed by atoms with Crippen molar-refractivity contribution in [1.82, 2.24) is 20.1 Å². The molecule has 0 bridgehead atoms. The molecule has 2 atom stereocenters. The molecule has 2 fully saturated rings. The summed E-state index contributed by atoms with van der Waals surface area (Å²) in [5.74, 6) is -0.268. The minimum Gasteiger partial charge on any atom is -0.383 e. The van der Waals surface area contributed by atoms with Crippen molar-refractivity contribution < 1.29 is 14.3 Å². The maximum Gasteiger partial charge on any atom is 0.256 e. The van der Waals surface area contributed by atoms with Gasteiger partial charge in [-0.25, -0.2) is 0 Å². The van der Waals surface area contributed by atoms with Crippen LogP contribution in [0.2, 0.25) is 0 Å². The van der Waals surface area contributed by atoms with Crippen molar-refractivity contribution in [3.63, 3.8) is 0 Å². The van der Waals surface area contributed by atoms with E-state index in [0.29, 0.717) is 43.8 Å². The summed E-state index contributed by atoms with van der Waals surface area (Å²) in [5.41, 5.74) is 8.27. The van der Waals surface area contributed by atoms with Crippen LogP contribution in [0.5, 0.6) is 0 Å². The first-order chi connectivity index (χ1) is 18.5. The number of methoxy groups -OCH3 is 1. The number of ether oxygens (including phenoxy) is 1. The highest BCUT2D eigenvalue weighted by Crippen LogP contribution is 2.26. The second-order valence-electron chi connectivity index (χ2n) is 10.3. The summed E-state index contributed by atoms with van der Waals surface area (Å²) in [6.45, 7) is 2.41. The predicted molar refractivity (Wildman–Crippen MR) is 144 cm³/mol. The van der Waals surface area contributed by atoms with Crippen LogP contribution in [0.15, 0.2) is 48.8 Å². The van der Waals surface area contributed by atoms with Gasteiger partial charge in [0.2, 0.25) is 5.91 Å². The summed E-state index contributed by atoms with van der Waals surface area (Å²) in [6.07, 6.45) is 7.98. The molecule has 4 rings (SSSR count). The van der Waals surface area contributed by atoms with Crippen molar-refractivity contribution in [3.05, 3.63) is 65.5 Å². The van der Waals surface area contributed by atoms with E-state index >= 15 is 0 Å². The number of aromatic nitrogens is 1. The molecule has 0 radical (unpaired) electrons. The molecule has 1 saturated carbocycles. The lowest BCUT2D eigenvalue weighted by molar-refractivity contribution is -0.128. The summed E-state index contributed by atoms with van der Waals surface area (Å²) >= 11 is 0. The maximum atomic E-state index is 13.7. The van der Waals surface area contributed by atoms with Gasteiger partial charge in [-0.15, -0.1) is 0 Å². The third-order valence-corrected chi connectivity index (χ3v) is 7.73. The lowest BCUT2D eigenvalue weighted by Crippen LogP contribution is -2.58. The van der Waals surface area contributed by atoms with Gasteiger partial charge in [0.25, 0.3) is 5.91 Å². The zero-order valence-electron chi connectivity index (χ0n) is 22.1. The van der Waals surface area contributed by atoms with Gasteiger partial charge >= 0.3 is 0 Å². The number of benzene rings is 1. The molecule has 2 aromatic rings. The summed E-state index contributed by atoms with van der Waals surface area (Å²) in [4.78, 5) is 35.3. The first-order valence-electron chi connectivity index (χ1n) is 13.5. The normalized spacial score (nSPS) is 23.6. The van der Waals surface area contributed by atoms with Gasteiger partial charge < -0.3 is 20.7 Å².